The summed E-state index contributed by atoms with van der Waals surface area (Å²) < 4.78 is 46.5. The molecule has 22 heavy (non-hydrogen) atoms. The highest BCUT2D eigenvalue weighted by molar-refractivity contribution is 5.52. The van der Waals surface area contributed by atoms with E-state index in [-0.39, 0.29) is 11.5 Å². The molecule has 0 aliphatic heterocycles. The van der Waals surface area contributed by atoms with Crippen LogP contribution < -0.4 is 4.74 Å². The number of hydrogen-bond donors (Lipinski definition) is 0. The SMILES string of the molecule is Cc1c(Oc2cnn(C)c2)nn2c(C(F)(F)F)nnc2c1C. The predicted octanol–water partition coefficient (Wildman–Crippen LogP) is 2.29. The molecule has 0 aromatic carbocycles. The van der Waals surface area contributed by atoms with Crippen molar-refractivity contribution in [2.24, 2.45) is 7.05 Å². The Morgan fingerprint density at radius 1 is 1.14 bits per heavy atom. The molecule has 0 spiro atoms. The molecule has 3 aromatic heterocycles. The number of ether oxygens (including phenoxy) is 1. The number of hydrogen-bond acceptors (Lipinski definition) is 5. The van der Waals surface area contributed by atoms with Crippen molar-refractivity contribution in [1.29, 1.82) is 0 Å². The summed E-state index contributed by atoms with van der Waals surface area (Å²) in [7, 11) is 1.70. The van der Waals surface area contributed by atoms with Gasteiger partial charge in [-0.05, 0) is 13.8 Å². The van der Waals surface area contributed by atoms with Crippen molar-refractivity contribution in [2.45, 2.75) is 20.0 Å². The maximum Gasteiger partial charge on any atom is 0.453 e. The summed E-state index contributed by atoms with van der Waals surface area (Å²) in [5, 5.41) is 14.5. The number of alkyl halides is 3. The largest absolute Gasteiger partial charge is 0.453 e. The summed E-state index contributed by atoms with van der Waals surface area (Å²) in [5.41, 5.74) is 1.14. The maximum absolute atomic E-state index is 12.9. The van der Waals surface area contributed by atoms with Crippen LogP contribution in [-0.4, -0.2) is 29.6 Å². The van der Waals surface area contributed by atoms with Gasteiger partial charge in [-0.15, -0.1) is 15.3 Å². The van der Waals surface area contributed by atoms with E-state index in [1.807, 2.05) is 0 Å². The Hall–Kier alpha value is -2.65. The second kappa shape index (κ2) is 4.68. The van der Waals surface area contributed by atoms with Gasteiger partial charge in [0, 0.05) is 18.2 Å². The molecule has 0 saturated heterocycles. The second-order valence-electron chi connectivity index (χ2n) is 4.76. The van der Waals surface area contributed by atoms with E-state index in [4.69, 9.17) is 4.74 Å². The molecule has 0 amide bonds. The average Bonchev–Trinajstić information content (AvgIpc) is 3.01. The molecular formula is C12H11F3N6O. The number of fused-ring (bicyclic) bond motifs is 1. The number of nitrogens with zero attached hydrogens (tertiary/aromatic N) is 6. The number of rotatable bonds is 2. The lowest BCUT2D eigenvalue weighted by Crippen LogP contribution is -2.13. The van der Waals surface area contributed by atoms with Crippen LogP contribution in [0.25, 0.3) is 5.65 Å². The third-order valence-electron chi connectivity index (χ3n) is 3.20. The topological polar surface area (TPSA) is 70.1 Å². The Labute approximate surface area is 122 Å². The van der Waals surface area contributed by atoms with Crippen LogP contribution in [0.4, 0.5) is 13.2 Å². The van der Waals surface area contributed by atoms with Gasteiger partial charge >= 0.3 is 6.18 Å². The average molecular weight is 312 g/mol. The highest BCUT2D eigenvalue weighted by Crippen LogP contribution is 2.31. The van der Waals surface area contributed by atoms with Crippen molar-refractivity contribution >= 4 is 5.65 Å². The fourth-order valence-electron chi connectivity index (χ4n) is 1.94. The highest BCUT2D eigenvalue weighted by Gasteiger charge is 2.38. The minimum absolute atomic E-state index is 0.0447. The van der Waals surface area contributed by atoms with Crippen molar-refractivity contribution in [2.75, 3.05) is 0 Å². The van der Waals surface area contributed by atoms with Gasteiger partial charge in [-0.3, -0.25) is 4.68 Å². The molecule has 0 fully saturated rings. The van der Waals surface area contributed by atoms with Gasteiger partial charge in [-0.25, -0.2) is 0 Å². The van der Waals surface area contributed by atoms with Gasteiger partial charge in [0.25, 0.3) is 5.82 Å². The van der Waals surface area contributed by atoms with E-state index in [9.17, 15) is 13.2 Å². The molecule has 3 aromatic rings. The molecule has 0 aliphatic rings. The summed E-state index contributed by atoms with van der Waals surface area (Å²) in [6.45, 7) is 3.33. The van der Waals surface area contributed by atoms with E-state index in [0.717, 1.165) is 0 Å². The van der Waals surface area contributed by atoms with Crippen LogP contribution in [0.5, 0.6) is 11.6 Å². The van der Waals surface area contributed by atoms with Gasteiger partial charge in [0.2, 0.25) is 5.88 Å². The van der Waals surface area contributed by atoms with Crippen molar-refractivity contribution in [3.05, 3.63) is 29.3 Å². The van der Waals surface area contributed by atoms with Gasteiger partial charge in [0.1, 0.15) is 0 Å². The van der Waals surface area contributed by atoms with Crippen LogP contribution in [0, 0.1) is 13.8 Å². The summed E-state index contributed by atoms with van der Waals surface area (Å²) >= 11 is 0. The molecular weight excluding hydrogens is 301 g/mol. The summed E-state index contributed by atoms with van der Waals surface area (Å²) in [6.07, 6.45) is -1.63. The number of halogens is 3. The van der Waals surface area contributed by atoms with Crippen molar-refractivity contribution in [3.63, 3.8) is 0 Å². The Morgan fingerprint density at radius 2 is 1.86 bits per heavy atom. The fourth-order valence-corrected chi connectivity index (χ4v) is 1.94. The van der Waals surface area contributed by atoms with Crippen LogP contribution in [-0.2, 0) is 13.2 Å². The van der Waals surface area contributed by atoms with Crippen LogP contribution in [0.1, 0.15) is 17.0 Å². The summed E-state index contributed by atoms with van der Waals surface area (Å²) in [4.78, 5) is 0. The molecule has 0 radical (unpaired) electrons. The molecule has 10 heteroatoms. The normalized spacial score (nSPS) is 12.1. The second-order valence-corrected chi connectivity index (χ2v) is 4.76. The van der Waals surface area contributed by atoms with Gasteiger partial charge in [0.15, 0.2) is 11.4 Å². The molecule has 0 saturated carbocycles. The zero-order valence-corrected chi connectivity index (χ0v) is 11.9. The third-order valence-corrected chi connectivity index (χ3v) is 3.20. The zero-order chi connectivity index (χ0) is 16.1. The van der Waals surface area contributed by atoms with Crippen LogP contribution in [0.2, 0.25) is 0 Å². The standard InChI is InChI=1S/C12H11F3N6O/c1-6-7(2)10(22-8-4-16-20(3)5-8)19-21-9(6)17-18-11(21)12(13,14)15/h4-5H,1-3H3. The molecule has 3 rings (SSSR count). The summed E-state index contributed by atoms with van der Waals surface area (Å²) in [5.74, 6) is -0.775. The molecule has 0 N–H and O–H groups in total. The Morgan fingerprint density at radius 3 is 2.45 bits per heavy atom. The minimum Gasteiger partial charge on any atom is -0.434 e. The van der Waals surface area contributed by atoms with Gasteiger partial charge < -0.3 is 4.74 Å². The zero-order valence-electron chi connectivity index (χ0n) is 11.9. The first-order valence-electron chi connectivity index (χ1n) is 6.23. The smallest absolute Gasteiger partial charge is 0.434 e. The van der Waals surface area contributed by atoms with Crippen molar-refractivity contribution in [3.8, 4) is 11.6 Å². The fraction of sp³-hybridized carbons (Fsp3) is 0.333. The van der Waals surface area contributed by atoms with Crippen LogP contribution in [0.15, 0.2) is 12.4 Å². The molecule has 7 nitrogen and oxygen atoms in total. The molecule has 0 aliphatic carbocycles. The molecule has 3 heterocycles. The first-order valence-corrected chi connectivity index (χ1v) is 6.23. The quantitative estimate of drug-likeness (QED) is 0.726. The van der Waals surface area contributed by atoms with E-state index >= 15 is 0 Å². The Bertz CT molecular complexity index is 851. The highest BCUT2D eigenvalue weighted by atomic mass is 19.4. The first kappa shape index (κ1) is 14.3. The van der Waals surface area contributed by atoms with Crippen molar-refractivity contribution in [1.82, 2.24) is 29.6 Å². The monoisotopic (exact) mass is 312 g/mol. The van der Waals surface area contributed by atoms with E-state index in [1.165, 1.54) is 10.9 Å². The first-order chi connectivity index (χ1) is 10.3. The van der Waals surface area contributed by atoms with Gasteiger partial charge in [-0.1, -0.05) is 0 Å². The number of aryl methyl sites for hydroxylation is 2. The van der Waals surface area contributed by atoms with E-state index in [0.29, 0.717) is 21.4 Å². The van der Waals surface area contributed by atoms with Crippen LogP contribution >= 0.6 is 0 Å². The van der Waals surface area contributed by atoms with Crippen molar-refractivity contribution < 1.29 is 17.9 Å². The van der Waals surface area contributed by atoms with Gasteiger partial charge in [0.05, 0.1) is 12.4 Å². The number of aromatic nitrogens is 6. The lowest BCUT2D eigenvalue weighted by molar-refractivity contribution is -0.146. The van der Waals surface area contributed by atoms with E-state index in [1.54, 1.807) is 27.1 Å². The van der Waals surface area contributed by atoms with E-state index < -0.39 is 12.0 Å². The molecule has 0 bridgehead atoms. The molecule has 0 atom stereocenters. The lowest BCUT2D eigenvalue weighted by Gasteiger charge is -2.10. The predicted molar refractivity (Wildman–Crippen MR) is 68.5 cm³/mol. The van der Waals surface area contributed by atoms with E-state index in [2.05, 4.69) is 20.4 Å². The lowest BCUT2D eigenvalue weighted by atomic mass is 10.2. The minimum atomic E-state index is -4.65. The molecule has 0 unspecified atom stereocenters. The third kappa shape index (κ3) is 2.26. The molecule has 116 valence electrons. The Balaban J connectivity index is 2.16. The van der Waals surface area contributed by atoms with Crippen LogP contribution in [0.3, 0.4) is 0 Å². The Kier molecular flexibility index (Phi) is 3.04. The maximum atomic E-state index is 12.9. The van der Waals surface area contributed by atoms with Gasteiger partial charge in [-0.2, -0.15) is 22.8 Å². The summed E-state index contributed by atoms with van der Waals surface area (Å²) in [6, 6.07) is 0.